The number of tetrazole rings is 1. The summed E-state index contributed by atoms with van der Waals surface area (Å²) in [7, 11) is 0. The highest BCUT2D eigenvalue weighted by Gasteiger charge is 2.23. The minimum Gasteiger partial charge on any atom is -0.436 e. The number of nitrogens with zero attached hydrogens (tertiary/aromatic N) is 6. The van der Waals surface area contributed by atoms with Gasteiger partial charge in [0.1, 0.15) is 5.52 Å². The van der Waals surface area contributed by atoms with Gasteiger partial charge in [0.2, 0.25) is 11.8 Å². The van der Waals surface area contributed by atoms with Gasteiger partial charge in [0.15, 0.2) is 22.9 Å². The molecule has 1 unspecified atom stereocenters. The second-order valence-corrected chi connectivity index (χ2v) is 8.70. The van der Waals surface area contributed by atoms with Gasteiger partial charge in [-0.2, -0.15) is 8.78 Å². The predicted molar refractivity (Wildman–Crippen MR) is 139 cm³/mol. The molecule has 15 heteroatoms. The lowest BCUT2D eigenvalue weighted by Gasteiger charge is -2.16. The second kappa shape index (κ2) is 11.9. The molecular weight excluding hydrogens is 543 g/mol. The number of nitrogens with one attached hydrogen (secondary N) is 3. The lowest BCUT2D eigenvalue weighted by molar-refractivity contribution is -0.114. The summed E-state index contributed by atoms with van der Waals surface area (Å²) in [6, 6.07) is 14.3. The predicted octanol–water partition coefficient (Wildman–Crippen LogP) is 3.48. The molecule has 0 fully saturated rings. The number of aromatic nitrogens is 6. The standard InChI is InChI=1S/C26H22F3N9O3/c1-14(39)33-16-7-8-19-18(13-16)34-25(41-19)17-9-10-30-22(20(17)27)24(40)32-12-11-31-21(15-5-3-2-4-6-15)23-35-37-38(36-23)26(28)29/h2-10,13,21,26,31H,11-12H2,1H3,(H,32,40)(H,33,39). The van der Waals surface area contributed by atoms with E-state index < -0.39 is 30.0 Å². The third-order valence-corrected chi connectivity index (χ3v) is 5.81. The van der Waals surface area contributed by atoms with E-state index in [9.17, 15) is 18.4 Å². The van der Waals surface area contributed by atoms with Gasteiger partial charge >= 0.3 is 6.55 Å². The monoisotopic (exact) mass is 565 g/mol. The van der Waals surface area contributed by atoms with Crippen LogP contribution in [-0.2, 0) is 4.79 Å². The van der Waals surface area contributed by atoms with E-state index in [4.69, 9.17) is 4.42 Å². The molecule has 0 spiro atoms. The fourth-order valence-corrected chi connectivity index (χ4v) is 4.01. The van der Waals surface area contributed by atoms with Crippen LogP contribution in [0.15, 0.2) is 65.2 Å². The summed E-state index contributed by atoms with van der Waals surface area (Å²) in [6.07, 6.45) is 1.26. The topological polar surface area (TPSA) is 153 Å². The van der Waals surface area contributed by atoms with E-state index in [0.717, 1.165) is 0 Å². The summed E-state index contributed by atoms with van der Waals surface area (Å²) in [5.41, 5.74) is 1.39. The number of alkyl halides is 2. The van der Waals surface area contributed by atoms with Crippen LogP contribution in [0.25, 0.3) is 22.6 Å². The molecule has 0 aliphatic carbocycles. The lowest BCUT2D eigenvalue weighted by atomic mass is 10.1. The molecule has 3 heterocycles. The lowest BCUT2D eigenvalue weighted by Crippen LogP contribution is -2.35. The van der Waals surface area contributed by atoms with Crippen LogP contribution in [0.1, 0.15) is 41.4 Å². The highest BCUT2D eigenvalue weighted by Crippen LogP contribution is 2.28. The summed E-state index contributed by atoms with van der Waals surface area (Å²) in [6.45, 7) is -1.39. The largest absolute Gasteiger partial charge is 0.436 e. The summed E-state index contributed by atoms with van der Waals surface area (Å²) in [5.74, 6) is -2.02. The third kappa shape index (κ3) is 6.19. The van der Waals surface area contributed by atoms with Crippen LogP contribution in [0.5, 0.6) is 0 Å². The third-order valence-electron chi connectivity index (χ3n) is 5.81. The van der Waals surface area contributed by atoms with Gasteiger partial charge in [-0.1, -0.05) is 35.1 Å². The minimum atomic E-state index is -2.94. The van der Waals surface area contributed by atoms with Crippen LogP contribution >= 0.6 is 0 Å². The molecule has 0 aliphatic rings. The van der Waals surface area contributed by atoms with Crippen LogP contribution in [0.4, 0.5) is 18.9 Å². The zero-order valence-electron chi connectivity index (χ0n) is 21.4. The molecule has 3 aromatic heterocycles. The van der Waals surface area contributed by atoms with Crippen molar-refractivity contribution in [2.24, 2.45) is 0 Å². The fourth-order valence-electron chi connectivity index (χ4n) is 4.01. The van der Waals surface area contributed by atoms with Gasteiger partial charge in [0.05, 0.1) is 11.6 Å². The van der Waals surface area contributed by atoms with Crippen molar-refractivity contribution in [3.63, 3.8) is 0 Å². The average molecular weight is 566 g/mol. The van der Waals surface area contributed by atoms with E-state index in [0.29, 0.717) is 22.4 Å². The molecule has 210 valence electrons. The molecule has 2 aromatic carbocycles. The first-order valence-electron chi connectivity index (χ1n) is 12.3. The average Bonchev–Trinajstić information content (AvgIpc) is 3.61. The van der Waals surface area contributed by atoms with Crippen molar-refractivity contribution in [3.05, 3.63) is 83.7 Å². The van der Waals surface area contributed by atoms with Crippen LogP contribution in [-0.4, -0.2) is 55.1 Å². The summed E-state index contributed by atoms with van der Waals surface area (Å²) in [4.78, 5) is 32.4. The Balaban J connectivity index is 1.26. The number of fused-ring (bicyclic) bond motifs is 1. The van der Waals surface area contributed by atoms with Crippen molar-refractivity contribution < 1.29 is 27.2 Å². The SMILES string of the molecule is CC(=O)Nc1ccc2oc(-c3ccnc(C(=O)NCCNC(c4ccccc4)c4nnn(C(F)F)n4)c3F)nc2c1. The van der Waals surface area contributed by atoms with Gasteiger partial charge in [-0.3, -0.25) is 9.59 Å². The number of halogens is 3. The van der Waals surface area contributed by atoms with Gasteiger partial charge in [-0.15, -0.1) is 10.2 Å². The van der Waals surface area contributed by atoms with Gasteiger partial charge < -0.3 is 20.4 Å². The minimum absolute atomic E-state index is 0.0192. The molecule has 41 heavy (non-hydrogen) atoms. The van der Waals surface area contributed by atoms with Crippen molar-refractivity contribution in [2.75, 3.05) is 18.4 Å². The van der Waals surface area contributed by atoms with Gasteiger partial charge in [0, 0.05) is 31.9 Å². The maximum absolute atomic E-state index is 15.4. The molecule has 12 nitrogen and oxygen atoms in total. The molecule has 0 saturated carbocycles. The highest BCUT2D eigenvalue weighted by atomic mass is 19.3. The number of hydrogen-bond donors (Lipinski definition) is 3. The number of amides is 2. The number of oxazole rings is 1. The fraction of sp³-hybridized carbons (Fsp3) is 0.192. The maximum atomic E-state index is 15.4. The van der Waals surface area contributed by atoms with Crippen molar-refractivity contribution in [1.82, 2.24) is 40.8 Å². The molecule has 5 rings (SSSR count). The van der Waals surface area contributed by atoms with Gasteiger partial charge in [-0.05, 0) is 35.0 Å². The van der Waals surface area contributed by atoms with Crippen molar-refractivity contribution >= 4 is 28.6 Å². The van der Waals surface area contributed by atoms with E-state index in [1.54, 1.807) is 48.5 Å². The molecule has 3 N–H and O–H groups in total. The van der Waals surface area contributed by atoms with Crippen LogP contribution in [0, 0.1) is 5.82 Å². The van der Waals surface area contributed by atoms with Crippen LogP contribution in [0.3, 0.4) is 0 Å². The number of carbonyl (C=O) groups is 2. The van der Waals surface area contributed by atoms with Crippen LogP contribution < -0.4 is 16.0 Å². The number of rotatable bonds is 10. The van der Waals surface area contributed by atoms with E-state index in [2.05, 4.69) is 41.3 Å². The summed E-state index contributed by atoms with van der Waals surface area (Å²) in [5, 5.41) is 19.1. The molecule has 5 aromatic rings. The Morgan fingerprint density at radius 1 is 1.07 bits per heavy atom. The molecule has 0 aliphatic heterocycles. The highest BCUT2D eigenvalue weighted by molar-refractivity contribution is 5.94. The molecular formula is C26H22F3N9O3. The van der Waals surface area contributed by atoms with Gasteiger partial charge in [0.25, 0.3) is 5.91 Å². The Morgan fingerprint density at radius 3 is 2.61 bits per heavy atom. The first-order chi connectivity index (χ1) is 19.8. The maximum Gasteiger partial charge on any atom is 0.350 e. The Labute approximate surface area is 230 Å². The first-order valence-corrected chi connectivity index (χ1v) is 12.3. The van der Waals surface area contributed by atoms with Crippen molar-refractivity contribution in [3.8, 4) is 11.5 Å². The van der Waals surface area contributed by atoms with Crippen molar-refractivity contribution in [2.45, 2.75) is 19.5 Å². The molecule has 0 saturated heterocycles. The second-order valence-electron chi connectivity index (χ2n) is 8.70. The molecule has 1 atom stereocenters. The van der Waals surface area contributed by atoms with Crippen molar-refractivity contribution in [1.29, 1.82) is 0 Å². The molecule has 2 amide bonds. The zero-order valence-corrected chi connectivity index (χ0v) is 21.4. The Kier molecular flexibility index (Phi) is 7.96. The zero-order chi connectivity index (χ0) is 28.9. The molecule has 0 radical (unpaired) electrons. The number of carbonyl (C=O) groups excluding carboxylic acids is 2. The number of benzene rings is 2. The summed E-state index contributed by atoms with van der Waals surface area (Å²) >= 11 is 0. The van der Waals surface area contributed by atoms with Crippen LogP contribution in [0.2, 0.25) is 0 Å². The Bertz CT molecular complexity index is 1690. The van der Waals surface area contributed by atoms with E-state index >= 15 is 4.39 Å². The number of anilines is 1. The normalized spacial score (nSPS) is 12.0. The first kappa shape index (κ1) is 27.4. The molecule has 0 bridgehead atoms. The Morgan fingerprint density at radius 2 is 1.88 bits per heavy atom. The number of pyridine rings is 1. The smallest absolute Gasteiger partial charge is 0.350 e. The number of hydrogen-bond acceptors (Lipinski definition) is 9. The van der Waals surface area contributed by atoms with E-state index in [1.165, 1.54) is 19.2 Å². The van der Waals surface area contributed by atoms with Gasteiger partial charge in [-0.25, -0.2) is 14.4 Å². The van der Waals surface area contributed by atoms with E-state index in [1.807, 2.05) is 0 Å². The van der Waals surface area contributed by atoms with E-state index in [-0.39, 0.29) is 41.1 Å². The Hall–Kier alpha value is -5.18. The summed E-state index contributed by atoms with van der Waals surface area (Å²) < 4.78 is 46.9. The quantitative estimate of drug-likeness (QED) is 0.216.